The van der Waals surface area contributed by atoms with Crippen molar-refractivity contribution in [2.75, 3.05) is 32.8 Å². The monoisotopic (exact) mass is 1070 g/mol. The number of fused-ring (bicyclic) bond motifs is 4. The number of thiophene rings is 5. The van der Waals surface area contributed by atoms with Crippen LogP contribution in [0.5, 0.6) is 11.5 Å². The molecule has 0 atom stereocenters. The summed E-state index contributed by atoms with van der Waals surface area (Å²) in [6.45, 7) is 15.9. The van der Waals surface area contributed by atoms with Gasteiger partial charge in [-0.1, -0.05) is 117 Å². The van der Waals surface area contributed by atoms with Crippen LogP contribution in [-0.4, -0.2) is 83.0 Å². The molecule has 382 valence electrons. The molecule has 0 spiro atoms. The highest BCUT2D eigenvalue weighted by molar-refractivity contribution is 7.21. The summed E-state index contributed by atoms with van der Waals surface area (Å²) in [5.41, 5.74) is 3.78. The number of carbonyl (C=O) groups excluding carboxylic acids is 6. The third-order valence-corrected chi connectivity index (χ3v) is 16.8. The summed E-state index contributed by atoms with van der Waals surface area (Å²) in [7, 11) is 0. The first kappa shape index (κ1) is 55.8. The second kappa shape index (κ2) is 28.7. The van der Waals surface area contributed by atoms with Crippen molar-refractivity contribution < 1.29 is 38.2 Å². The quantitative estimate of drug-likeness (QED) is 0.0373. The molecule has 6 amide bonds. The van der Waals surface area contributed by atoms with E-state index in [0.29, 0.717) is 87.2 Å². The van der Waals surface area contributed by atoms with E-state index in [1.807, 2.05) is 16.8 Å². The van der Waals surface area contributed by atoms with E-state index < -0.39 is 0 Å². The van der Waals surface area contributed by atoms with Gasteiger partial charge in [-0.25, -0.2) is 4.85 Å². The van der Waals surface area contributed by atoms with E-state index in [1.165, 1.54) is 124 Å². The number of imide groups is 3. The summed E-state index contributed by atoms with van der Waals surface area (Å²) >= 11 is 7.04. The Morgan fingerprint density at radius 1 is 0.486 bits per heavy atom. The molecule has 0 unspecified atom stereocenters. The van der Waals surface area contributed by atoms with Gasteiger partial charge >= 0.3 is 0 Å². The Morgan fingerprint density at radius 3 is 1.24 bits per heavy atom. The number of hydrogen-bond donors (Lipinski definition) is 0. The first-order valence-corrected chi connectivity index (χ1v) is 29.7. The lowest BCUT2D eigenvalue weighted by Crippen LogP contribution is -2.31. The van der Waals surface area contributed by atoms with Gasteiger partial charge in [0.15, 0.2) is 11.5 Å². The van der Waals surface area contributed by atoms with Gasteiger partial charge < -0.3 is 9.47 Å². The molecule has 0 N–H and O–H groups in total. The number of hydrogen-bond acceptors (Lipinski definition) is 14. The predicted octanol–water partition coefficient (Wildman–Crippen LogP) is 14.8. The van der Waals surface area contributed by atoms with Gasteiger partial charge in [-0.2, -0.15) is 27.9 Å². The zero-order chi connectivity index (χ0) is 51.4. The lowest BCUT2D eigenvalue weighted by atomic mass is 10.1. The van der Waals surface area contributed by atoms with Crippen molar-refractivity contribution in [3.8, 4) is 27.3 Å². The van der Waals surface area contributed by atoms with E-state index in [0.717, 1.165) is 62.9 Å². The molecular weight excluding hydrogens is 1010 g/mol. The Morgan fingerprint density at radius 2 is 0.847 bits per heavy atom. The van der Waals surface area contributed by atoms with E-state index in [2.05, 4.69) is 25.6 Å². The van der Waals surface area contributed by atoms with Crippen LogP contribution in [0.2, 0.25) is 0 Å². The average Bonchev–Trinajstić information content (AvgIpc) is 4.28. The van der Waals surface area contributed by atoms with Crippen molar-refractivity contribution in [2.24, 2.45) is 0 Å². The Bertz CT molecular complexity index is 2560. The average molecular weight is 1070 g/mol. The molecule has 5 aromatic rings. The second-order valence-corrected chi connectivity index (χ2v) is 21.7. The van der Waals surface area contributed by atoms with Gasteiger partial charge in [0.05, 0.1) is 61.3 Å². The minimum Gasteiger partial charge on any atom is -0.485 e. The Hall–Kier alpha value is -5.50. The van der Waals surface area contributed by atoms with Crippen molar-refractivity contribution in [3.05, 3.63) is 93.4 Å². The van der Waals surface area contributed by atoms with Crippen LogP contribution in [0, 0.1) is 17.9 Å². The highest BCUT2D eigenvalue weighted by atomic mass is 32.1. The van der Waals surface area contributed by atoms with Crippen LogP contribution in [0.3, 0.4) is 0 Å². The third kappa shape index (κ3) is 13.8. The number of carbonyl (C=O) groups is 6. The maximum Gasteiger partial charge on any atom is 0.263 e. The number of nitrogens with zero attached hydrogens (tertiary/aromatic N) is 5. The molecular formula is C54H63N5O8S5. The van der Waals surface area contributed by atoms with Gasteiger partial charge in [0.1, 0.15) is 13.2 Å². The van der Waals surface area contributed by atoms with Crippen LogP contribution in [-0.2, 0) is 0 Å². The molecule has 0 saturated carbocycles. The summed E-state index contributed by atoms with van der Waals surface area (Å²) in [4.78, 5) is 84.9. The SMILES string of the molecule is CCCCCCCCN1C(=O)c2csc(-c3scc4c3C(=O)N(CCCCCCCC)C4=O)c2C1=O.CCCCCCCCN1C(=O)c2cscc2C1=O.[C-]#[N+]c1cscc1C#N.c1scc2c1OCCO2. The van der Waals surface area contributed by atoms with E-state index in [9.17, 15) is 28.8 Å². The Balaban J connectivity index is 0.000000191. The van der Waals surface area contributed by atoms with Gasteiger partial charge in [-0.15, -0.1) is 34.0 Å². The van der Waals surface area contributed by atoms with Crippen LogP contribution in [0.4, 0.5) is 5.69 Å². The minimum atomic E-state index is -0.275. The van der Waals surface area contributed by atoms with E-state index in [4.69, 9.17) is 21.3 Å². The standard InChI is InChI=1S/C28H36N2O4S2.C14H19NO2S.C6H2N2S.C6H6O2S/c1-3-5-7-9-11-13-15-29-25(31)19-17-35-23(21(19)27(29)33)24-22-20(18-36-24)26(32)30(28(22)34)16-14-12-10-8-6-4-2;1-2-3-4-5-6-7-8-15-13(16)11-9-18-10-12(11)14(15)17;1-8-6-4-9-3-5(6)2-7;1-2-8-6-4-9-3-5(6)7-1/h17-18H,3-16H2,1-2H3;9-10H,2-8H2,1H3;3-4H;3-4H,1-2H2. The lowest BCUT2D eigenvalue weighted by Gasteiger charge is -2.15. The molecule has 5 aromatic heterocycles. The molecule has 0 aromatic carbocycles. The molecule has 13 nitrogen and oxygen atoms in total. The van der Waals surface area contributed by atoms with E-state index in [1.54, 1.807) is 43.6 Å². The summed E-state index contributed by atoms with van der Waals surface area (Å²) < 4.78 is 10.5. The smallest absolute Gasteiger partial charge is 0.263 e. The fourth-order valence-corrected chi connectivity index (χ4v) is 13.0. The van der Waals surface area contributed by atoms with Crippen molar-refractivity contribution in [3.63, 3.8) is 0 Å². The van der Waals surface area contributed by atoms with Crippen LogP contribution in [0.25, 0.3) is 14.6 Å². The first-order chi connectivity index (χ1) is 35.1. The van der Waals surface area contributed by atoms with Crippen molar-refractivity contribution in [2.45, 2.75) is 136 Å². The zero-order valence-electron chi connectivity index (χ0n) is 41.4. The lowest BCUT2D eigenvalue weighted by molar-refractivity contribution is 0.0635. The molecule has 9 heterocycles. The molecule has 9 rings (SSSR count). The molecule has 18 heteroatoms. The number of amides is 6. The summed E-state index contributed by atoms with van der Waals surface area (Å²) in [6.07, 6.45) is 20.0. The number of rotatable bonds is 22. The molecule has 0 aliphatic carbocycles. The third-order valence-electron chi connectivity index (χ3n) is 12.6. The van der Waals surface area contributed by atoms with Crippen LogP contribution in [0.1, 0.15) is 204 Å². The van der Waals surface area contributed by atoms with Crippen molar-refractivity contribution in [1.29, 1.82) is 5.26 Å². The van der Waals surface area contributed by atoms with Gasteiger partial charge in [0.2, 0.25) is 5.69 Å². The molecule has 0 saturated heterocycles. The highest BCUT2D eigenvalue weighted by Crippen LogP contribution is 2.45. The van der Waals surface area contributed by atoms with E-state index in [-0.39, 0.29) is 35.4 Å². The fraction of sp³-hybridized carbons (Fsp3) is 0.481. The van der Waals surface area contributed by atoms with Crippen LogP contribution in [0.15, 0.2) is 43.0 Å². The first-order valence-electron chi connectivity index (χ1n) is 25.1. The maximum absolute atomic E-state index is 13.3. The fourth-order valence-electron chi connectivity index (χ4n) is 8.55. The second-order valence-electron chi connectivity index (χ2n) is 17.7. The van der Waals surface area contributed by atoms with Gasteiger partial charge in [0.25, 0.3) is 35.4 Å². The van der Waals surface area contributed by atoms with Gasteiger partial charge in [0, 0.05) is 51.9 Å². The minimum absolute atomic E-state index is 0.107. The summed E-state index contributed by atoms with van der Waals surface area (Å²) in [6, 6.07) is 1.92. The van der Waals surface area contributed by atoms with Crippen LogP contribution >= 0.6 is 56.7 Å². The van der Waals surface area contributed by atoms with Crippen LogP contribution < -0.4 is 9.47 Å². The molecule has 4 aliphatic heterocycles. The molecule has 0 radical (unpaired) electrons. The zero-order valence-corrected chi connectivity index (χ0v) is 45.5. The Kier molecular flexibility index (Phi) is 22.2. The predicted molar refractivity (Wildman–Crippen MR) is 289 cm³/mol. The number of ether oxygens (including phenoxy) is 2. The summed E-state index contributed by atoms with van der Waals surface area (Å²) in [5, 5.41) is 22.6. The molecule has 4 aliphatic rings. The maximum atomic E-state index is 13.3. The molecule has 72 heavy (non-hydrogen) atoms. The van der Waals surface area contributed by atoms with Crippen molar-refractivity contribution in [1.82, 2.24) is 14.7 Å². The van der Waals surface area contributed by atoms with Crippen molar-refractivity contribution >= 4 is 97.8 Å². The highest BCUT2D eigenvalue weighted by Gasteiger charge is 2.43. The molecule has 0 fully saturated rings. The topological polar surface area (TPSA) is 159 Å². The summed E-state index contributed by atoms with van der Waals surface area (Å²) in [5.74, 6) is 0.537. The Labute approximate surface area is 443 Å². The van der Waals surface area contributed by atoms with Gasteiger partial charge in [-0.05, 0) is 30.0 Å². The molecule has 0 bridgehead atoms. The van der Waals surface area contributed by atoms with Gasteiger partial charge in [-0.3, -0.25) is 43.5 Å². The number of unbranched alkanes of at least 4 members (excludes halogenated alkanes) is 15. The number of nitriles is 1. The van der Waals surface area contributed by atoms with E-state index >= 15 is 0 Å². The largest absolute Gasteiger partial charge is 0.485 e. The normalized spacial score (nSPS) is 14.0.